The predicted molar refractivity (Wildman–Crippen MR) is 76.1 cm³/mol. The summed E-state index contributed by atoms with van der Waals surface area (Å²) in [5.41, 5.74) is 0.806. The van der Waals surface area contributed by atoms with Crippen molar-refractivity contribution in [3.05, 3.63) is 34.1 Å². The molecule has 0 bridgehead atoms. The lowest BCUT2D eigenvalue weighted by molar-refractivity contribution is 0.508. The Morgan fingerprint density at radius 3 is 3.00 bits per heavy atom. The van der Waals surface area contributed by atoms with Crippen LogP contribution in [0.1, 0.15) is 18.4 Å². The van der Waals surface area contributed by atoms with Gasteiger partial charge in [0.25, 0.3) is 0 Å². The molecule has 4 heteroatoms. The number of hydrogen-bond acceptors (Lipinski definition) is 2. The molecule has 1 aromatic carbocycles. The minimum Gasteiger partial charge on any atom is -0.316 e. The number of benzene rings is 1. The van der Waals surface area contributed by atoms with Crippen molar-refractivity contribution in [1.82, 2.24) is 5.32 Å². The molecule has 1 aliphatic rings. The topological polar surface area (TPSA) is 12.0 Å². The molecular formula is C13H17BrFNS. The molecule has 0 radical (unpaired) electrons. The number of halogens is 2. The minimum absolute atomic E-state index is 0.109. The zero-order chi connectivity index (χ0) is 12.3. The van der Waals surface area contributed by atoms with Crippen molar-refractivity contribution in [2.45, 2.75) is 30.6 Å². The Hall–Kier alpha value is -0.0600. The van der Waals surface area contributed by atoms with Gasteiger partial charge in [-0.05, 0) is 49.8 Å². The fourth-order valence-corrected chi connectivity index (χ4v) is 4.03. The summed E-state index contributed by atoms with van der Waals surface area (Å²) in [4.78, 5) is 0. The lowest BCUT2D eigenvalue weighted by Crippen LogP contribution is -2.36. The second-order valence-corrected chi connectivity index (χ2v) is 6.65. The monoisotopic (exact) mass is 317 g/mol. The maximum atomic E-state index is 13.8. The zero-order valence-corrected chi connectivity index (χ0v) is 12.3. The first-order chi connectivity index (χ1) is 8.20. The zero-order valence-electron chi connectivity index (χ0n) is 9.88. The van der Waals surface area contributed by atoms with Crippen molar-refractivity contribution >= 4 is 27.7 Å². The van der Waals surface area contributed by atoms with E-state index in [-0.39, 0.29) is 5.82 Å². The van der Waals surface area contributed by atoms with Gasteiger partial charge in [-0.15, -0.1) is 0 Å². The maximum Gasteiger partial charge on any atom is 0.127 e. The summed E-state index contributed by atoms with van der Waals surface area (Å²) >= 11 is 5.30. The Morgan fingerprint density at radius 2 is 2.41 bits per heavy atom. The Bertz CT molecular complexity index is 380. The molecule has 0 spiro atoms. The number of likely N-dealkylation sites (N-methyl/N-ethyl adjacent to an activating group) is 1. The normalized spacial score (nSPS) is 21.7. The highest BCUT2D eigenvalue weighted by Crippen LogP contribution is 2.30. The second-order valence-electron chi connectivity index (χ2n) is 4.39. The van der Waals surface area contributed by atoms with E-state index in [1.54, 1.807) is 6.07 Å². The molecule has 0 aliphatic carbocycles. The fourth-order valence-electron chi connectivity index (χ4n) is 2.26. The summed E-state index contributed by atoms with van der Waals surface area (Å²) in [6.07, 6.45) is 3.30. The van der Waals surface area contributed by atoms with Crippen LogP contribution in [0.3, 0.4) is 0 Å². The van der Waals surface area contributed by atoms with Crippen LogP contribution in [0.15, 0.2) is 22.7 Å². The van der Waals surface area contributed by atoms with E-state index < -0.39 is 0 Å². The number of rotatable bonds is 4. The van der Waals surface area contributed by atoms with E-state index in [1.165, 1.54) is 18.6 Å². The second kappa shape index (κ2) is 6.21. The Labute approximate surface area is 115 Å². The average molecular weight is 318 g/mol. The van der Waals surface area contributed by atoms with Crippen molar-refractivity contribution in [2.75, 3.05) is 12.8 Å². The van der Waals surface area contributed by atoms with Gasteiger partial charge in [0, 0.05) is 15.8 Å². The van der Waals surface area contributed by atoms with Crippen molar-refractivity contribution < 1.29 is 4.39 Å². The molecule has 1 fully saturated rings. The van der Waals surface area contributed by atoms with Gasteiger partial charge in [-0.2, -0.15) is 11.8 Å². The van der Waals surface area contributed by atoms with Crippen LogP contribution in [0.2, 0.25) is 0 Å². The van der Waals surface area contributed by atoms with E-state index in [2.05, 4.69) is 21.2 Å². The van der Waals surface area contributed by atoms with Gasteiger partial charge in [0.15, 0.2) is 0 Å². The van der Waals surface area contributed by atoms with Gasteiger partial charge >= 0.3 is 0 Å². The van der Waals surface area contributed by atoms with Crippen LogP contribution in [0.5, 0.6) is 0 Å². The van der Waals surface area contributed by atoms with Gasteiger partial charge in [0.2, 0.25) is 0 Å². The summed E-state index contributed by atoms with van der Waals surface area (Å²) in [5, 5.41) is 3.96. The van der Waals surface area contributed by atoms with E-state index >= 15 is 0 Å². The van der Waals surface area contributed by atoms with Crippen molar-refractivity contribution in [1.29, 1.82) is 0 Å². The molecule has 0 amide bonds. The van der Waals surface area contributed by atoms with Crippen LogP contribution < -0.4 is 5.32 Å². The summed E-state index contributed by atoms with van der Waals surface area (Å²) in [7, 11) is 1.97. The van der Waals surface area contributed by atoms with Gasteiger partial charge < -0.3 is 5.32 Å². The van der Waals surface area contributed by atoms with Gasteiger partial charge in [-0.3, -0.25) is 0 Å². The van der Waals surface area contributed by atoms with Gasteiger partial charge in [0.1, 0.15) is 5.82 Å². The molecule has 0 saturated carbocycles. The first-order valence-electron chi connectivity index (χ1n) is 5.93. The Balaban J connectivity index is 2.06. The third-order valence-electron chi connectivity index (χ3n) is 3.24. The third kappa shape index (κ3) is 3.46. The number of nitrogens with one attached hydrogen (secondary N) is 1. The van der Waals surface area contributed by atoms with Crippen LogP contribution in [-0.4, -0.2) is 24.1 Å². The smallest absolute Gasteiger partial charge is 0.127 e. The van der Waals surface area contributed by atoms with E-state index in [0.29, 0.717) is 11.3 Å². The van der Waals surface area contributed by atoms with Crippen molar-refractivity contribution in [3.8, 4) is 0 Å². The quantitative estimate of drug-likeness (QED) is 0.910. The first kappa shape index (κ1) is 13.4. The molecule has 1 nitrogen and oxygen atoms in total. The summed E-state index contributed by atoms with van der Waals surface area (Å²) < 4.78 is 14.6. The molecule has 0 aromatic heterocycles. The van der Waals surface area contributed by atoms with Gasteiger partial charge in [0.05, 0.1) is 0 Å². The van der Waals surface area contributed by atoms with Gasteiger partial charge in [-0.1, -0.05) is 22.0 Å². The Morgan fingerprint density at radius 1 is 1.59 bits per heavy atom. The van der Waals surface area contributed by atoms with Crippen LogP contribution in [0.4, 0.5) is 4.39 Å². The molecule has 2 rings (SSSR count). The molecule has 2 unspecified atom stereocenters. The van der Waals surface area contributed by atoms with E-state index in [0.717, 1.165) is 16.5 Å². The molecule has 94 valence electrons. The summed E-state index contributed by atoms with van der Waals surface area (Å²) in [6, 6.07) is 5.71. The third-order valence-corrected chi connectivity index (χ3v) is 5.25. The molecule has 1 N–H and O–H groups in total. The first-order valence-corrected chi connectivity index (χ1v) is 7.77. The van der Waals surface area contributed by atoms with Crippen LogP contribution >= 0.6 is 27.7 Å². The lowest BCUT2D eigenvalue weighted by Gasteiger charge is -2.22. The molecule has 1 heterocycles. The van der Waals surface area contributed by atoms with Crippen LogP contribution in [0, 0.1) is 5.82 Å². The largest absolute Gasteiger partial charge is 0.316 e. The summed E-state index contributed by atoms with van der Waals surface area (Å²) in [5.74, 6) is 1.13. The molecule has 17 heavy (non-hydrogen) atoms. The highest BCUT2D eigenvalue weighted by molar-refractivity contribution is 9.10. The van der Waals surface area contributed by atoms with Crippen molar-refractivity contribution in [2.24, 2.45) is 0 Å². The van der Waals surface area contributed by atoms with Crippen molar-refractivity contribution in [3.63, 3.8) is 0 Å². The van der Waals surface area contributed by atoms with E-state index in [1.807, 2.05) is 30.9 Å². The molecule has 2 atom stereocenters. The minimum atomic E-state index is -0.109. The molecule has 1 saturated heterocycles. The van der Waals surface area contributed by atoms with Gasteiger partial charge in [-0.25, -0.2) is 4.39 Å². The molecular weight excluding hydrogens is 301 g/mol. The van der Waals surface area contributed by atoms with E-state index in [4.69, 9.17) is 0 Å². The summed E-state index contributed by atoms with van der Waals surface area (Å²) in [6.45, 7) is 0. The predicted octanol–water partition coefficient (Wildman–Crippen LogP) is 3.61. The Kier molecular flexibility index (Phi) is 4.88. The lowest BCUT2D eigenvalue weighted by atomic mass is 10.0. The molecule has 1 aliphatic heterocycles. The standard InChI is InChI=1S/C13H17BrFNS/c1-16-12(13-3-2-6-17-13)7-9-4-5-10(14)8-11(9)15/h4-5,8,12-13,16H,2-3,6-7H2,1H3. The maximum absolute atomic E-state index is 13.8. The van der Waals surface area contributed by atoms with Crippen LogP contribution in [-0.2, 0) is 6.42 Å². The average Bonchev–Trinajstić information content (AvgIpc) is 2.81. The highest BCUT2D eigenvalue weighted by atomic mass is 79.9. The fraction of sp³-hybridized carbons (Fsp3) is 0.538. The number of thioether (sulfide) groups is 1. The van der Waals surface area contributed by atoms with Crippen LogP contribution in [0.25, 0.3) is 0 Å². The molecule has 1 aromatic rings. The SMILES string of the molecule is CNC(Cc1ccc(Br)cc1F)C1CCCS1. The van der Waals surface area contributed by atoms with E-state index in [9.17, 15) is 4.39 Å². The highest BCUT2D eigenvalue weighted by Gasteiger charge is 2.25. The number of hydrogen-bond donors (Lipinski definition) is 1.